The quantitative estimate of drug-likeness (QED) is 0.525. The third-order valence-corrected chi connectivity index (χ3v) is 2.67. The Labute approximate surface area is 104 Å². The van der Waals surface area contributed by atoms with Crippen LogP contribution in [-0.2, 0) is 9.59 Å². The van der Waals surface area contributed by atoms with Crippen LogP contribution in [0.4, 0.5) is 5.69 Å². The molecule has 1 aromatic rings. The molecule has 3 amide bonds. The van der Waals surface area contributed by atoms with Gasteiger partial charge in [-0.15, -0.1) is 0 Å². The van der Waals surface area contributed by atoms with Crippen LogP contribution in [-0.4, -0.2) is 35.7 Å². The molecule has 0 saturated carbocycles. The van der Waals surface area contributed by atoms with Crippen molar-refractivity contribution in [1.29, 1.82) is 0 Å². The van der Waals surface area contributed by atoms with E-state index >= 15 is 0 Å². The SMILES string of the molecule is Cc1ccc(C(=O)N2CC(=O)NC(=O)C2)c(N)c1. The first-order valence-electron chi connectivity index (χ1n) is 5.45. The third kappa shape index (κ3) is 2.32. The molecule has 0 spiro atoms. The van der Waals surface area contributed by atoms with Gasteiger partial charge in [0, 0.05) is 5.69 Å². The number of hydrogen-bond donors (Lipinski definition) is 2. The molecule has 1 aromatic carbocycles. The van der Waals surface area contributed by atoms with Gasteiger partial charge in [-0.2, -0.15) is 0 Å². The Bertz CT molecular complexity index is 523. The molecule has 1 saturated heterocycles. The summed E-state index contributed by atoms with van der Waals surface area (Å²) < 4.78 is 0. The lowest BCUT2D eigenvalue weighted by molar-refractivity contribution is -0.135. The number of carbonyl (C=O) groups is 3. The molecule has 6 nitrogen and oxygen atoms in total. The number of piperazine rings is 1. The largest absolute Gasteiger partial charge is 0.398 e. The molecule has 0 aliphatic carbocycles. The Morgan fingerprint density at radius 3 is 2.44 bits per heavy atom. The number of anilines is 1. The van der Waals surface area contributed by atoms with Crippen molar-refractivity contribution in [2.75, 3.05) is 18.8 Å². The van der Waals surface area contributed by atoms with E-state index in [0.29, 0.717) is 11.3 Å². The number of nitrogens with zero attached hydrogens (tertiary/aromatic N) is 1. The van der Waals surface area contributed by atoms with E-state index < -0.39 is 17.7 Å². The number of rotatable bonds is 1. The number of hydrogen-bond acceptors (Lipinski definition) is 4. The second-order valence-corrected chi connectivity index (χ2v) is 4.22. The summed E-state index contributed by atoms with van der Waals surface area (Å²) >= 11 is 0. The summed E-state index contributed by atoms with van der Waals surface area (Å²) in [6, 6.07) is 5.04. The minimum Gasteiger partial charge on any atom is -0.398 e. The van der Waals surface area contributed by atoms with Gasteiger partial charge in [0.15, 0.2) is 0 Å². The van der Waals surface area contributed by atoms with Gasteiger partial charge < -0.3 is 10.6 Å². The highest BCUT2D eigenvalue weighted by molar-refractivity contribution is 6.07. The Morgan fingerprint density at radius 2 is 1.89 bits per heavy atom. The standard InChI is InChI=1S/C12H13N3O3/c1-7-2-3-8(9(13)4-7)12(18)15-5-10(16)14-11(17)6-15/h2-4H,5-6,13H2,1H3,(H,14,16,17). The third-order valence-electron chi connectivity index (χ3n) is 2.67. The van der Waals surface area contributed by atoms with Crippen molar-refractivity contribution in [3.8, 4) is 0 Å². The second-order valence-electron chi connectivity index (χ2n) is 4.22. The van der Waals surface area contributed by atoms with Crippen molar-refractivity contribution in [3.05, 3.63) is 29.3 Å². The molecular formula is C12H13N3O3. The average Bonchev–Trinajstić information content (AvgIpc) is 2.26. The highest BCUT2D eigenvalue weighted by Crippen LogP contribution is 2.16. The van der Waals surface area contributed by atoms with Gasteiger partial charge >= 0.3 is 0 Å². The number of carbonyl (C=O) groups excluding carboxylic acids is 3. The van der Waals surface area contributed by atoms with Crippen molar-refractivity contribution >= 4 is 23.4 Å². The lowest BCUT2D eigenvalue weighted by Crippen LogP contribution is -2.53. The minimum absolute atomic E-state index is 0.127. The zero-order chi connectivity index (χ0) is 13.3. The Kier molecular flexibility index (Phi) is 3.01. The van der Waals surface area contributed by atoms with E-state index in [1.807, 2.05) is 6.92 Å². The number of nitrogen functional groups attached to an aromatic ring is 1. The molecule has 2 rings (SSSR count). The van der Waals surface area contributed by atoms with Gasteiger partial charge in [0.25, 0.3) is 5.91 Å². The fraction of sp³-hybridized carbons (Fsp3) is 0.250. The van der Waals surface area contributed by atoms with E-state index in [9.17, 15) is 14.4 Å². The molecule has 18 heavy (non-hydrogen) atoms. The van der Waals surface area contributed by atoms with Gasteiger partial charge in [-0.05, 0) is 24.6 Å². The fourth-order valence-electron chi connectivity index (χ4n) is 1.83. The monoisotopic (exact) mass is 247 g/mol. The minimum atomic E-state index is -0.481. The van der Waals surface area contributed by atoms with Gasteiger partial charge in [-0.3, -0.25) is 19.7 Å². The zero-order valence-corrected chi connectivity index (χ0v) is 9.90. The van der Waals surface area contributed by atoms with Crippen LogP contribution in [0.5, 0.6) is 0 Å². The predicted octanol–water partition coefficient (Wildman–Crippen LogP) is -0.324. The molecule has 94 valence electrons. The maximum atomic E-state index is 12.1. The first-order valence-corrected chi connectivity index (χ1v) is 5.45. The maximum Gasteiger partial charge on any atom is 0.256 e. The van der Waals surface area contributed by atoms with E-state index in [1.165, 1.54) is 4.90 Å². The molecule has 0 radical (unpaired) electrons. The first kappa shape index (κ1) is 12.1. The Hall–Kier alpha value is -2.37. The summed E-state index contributed by atoms with van der Waals surface area (Å²) in [5, 5.41) is 2.14. The van der Waals surface area contributed by atoms with E-state index in [-0.39, 0.29) is 13.1 Å². The van der Waals surface area contributed by atoms with Crippen LogP contribution in [0.25, 0.3) is 0 Å². The van der Waals surface area contributed by atoms with E-state index in [4.69, 9.17) is 5.73 Å². The molecule has 6 heteroatoms. The zero-order valence-electron chi connectivity index (χ0n) is 9.90. The van der Waals surface area contributed by atoms with Crippen molar-refractivity contribution in [2.24, 2.45) is 0 Å². The molecule has 1 aliphatic rings. The van der Waals surface area contributed by atoms with Crippen LogP contribution in [0.1, 0.15) is 15.9 Å². The second kappa shape index (κ2) is 4.48. The first-order chi connectivity index (χ1) is 8.47. The van der Waals surface area contributed by atoms with Gasteiger partial charge in [-0.1, -0.05) is 6.07 Å². The van der Waals surface area contributed by atoms with Crippen LogP contribution in [0, 0.1) is 6.92 Å². The van der Waals surface area contributed by atoms with Gasteiger partial charge in [0.1, 0.15) is 13.1 Å². The lowest BCUT2D eigenvalue weighted by atomic mass is 10.1. The maximum absolute atomic E-state index is 12.1. The van der Waals surface area contributed by atoms with Gasteiger partial charge in [0.05, 0.1) is 5.56 Å². The molecule has 1 aliphatic heterocycles. The number of nitrogens with one attached hydrogen (secondary N) is 1. The fourth-order valence-corrected chi connectivity index (χ4v) is 1.83. The van der Waals surface area contributed by atoms with Crippen LogP contribution < -0.4 is 11.1 Å². The molecular weight excluding hydrogens is 234 g/mol. The van der Waals surface area contributed by atoms with Gasteiger partial charge in [-0.25, -0.2) is 0 Å². The summed E-state index contributed by atoms with van der Waals surface area (Å²) in [6.07, 6.45) is 0. The number of amides is 3. The number of imide groups is 1. The summed E-state index contributed by atoms with van der Waals surface area (Å²) in [5.74, 6) is -1.37. The Balaban J connectivity index is 2.25. The highest BCUT2D eigenvalue weighted by atomic mass is 16.2. The molecule has 1 fully saturated rings. The van der Waals surface area contributed by atoms with E-state index in [2.05, 4.69) is 5.32 Å². The summed E-state index contributed by atoms with van der Waals surface area (Å²) in [4.78, 5) is 35.7. The molecule has 0 atom stereocenters. The predicted molar refractivity (Wildman–Crippen MR) is 64.6 cm³/mol. The lowest BCUT2D eigenvalue weighted by Gasteiger charge is -2.25. The average molecular weight is 247 g/mol. The number of benzene rings is 1. The molecule has 1 heterocycles. The Morgan fingerprint density at radius 1 is 1.28 bits per heavy atom. The topological polar surface area (TPSA) is 92.5 Å². The molecule has 3 N–H and O–H groups in total. The van der Waals surface area contributed by atoms with Crippen LogP contribution in [0.3, 0.4) is 0 Å². The number of nitrogens with two attached hydrogens (primary N) is 1. The summed E-state index contributed by atoms with van der Waals surface area (Å²) in [7, 11) is 0. The number of aryl methyl sites for hydroxylation is 1. The van der Waals surface area contributed by atoms with Crippen LogP contribution >= 0.6 is 0 Å². The van der Waals surface area contributed by atoms with Crippen molar-refractivity contribution in [3.63, 3.8) is 0 Å². The van der Waals surface area contributed by atoms with Crippen molar-refractivity contribution < 1.29 is 14.4 Å². The summed E-state index contributed by atoms with van der Waals surface area (Å²) in [6.45, 7) is 1.61. The van der Waals surface area contributed by atoms with Gasteiger partial charge in [0.2, 0.25) is 11.8 Å². The smallest absolute Gasteiger partial charge is 0.256 e. The van der Waals surface area contributed by atoms with Crippen LogP contribution in [0.15, 0.2) is 18.2 Å². The highest BCUT2D eigenvalue weighted by Gasteiger charge is 2.27. The van der Waals surface area contributed by atoms with E-state index in [0.717, 1.165) is 5.56 Å². The normalized spacial score (nSPS) is 15.5. The van der Waals surface area contributed by atoms with E-state index in [1.54, 1.807) is 18.2 Å². The molecule has 0 bridgehead atoms. The molecule has 0 unspecified atom stereocenters. The van der Waals surface area contributed by atoms with Crippen molar-refractivity contribution in [2.45, 2.75) is 6.92 Å². The summed E-state index contributed by atoms with van der Waals surface area (Å²) in [5.41, 5.74) is 7.36. The molecule has 0 aromatic heterocycles. The van der Waals surface area contributed by atoms with Crippen molar-refractivity contribution in [1.82, 2.24) is 10.2 Å². The van der Waals surface area contributed by atoms with Crippen LogP contribution in [0.2, 0.25) is 0 Å².